The molecule has 90 valence electrons. The maximum Gasteiger partial charge on any atom is 0.415 e. The van der Waals surface area contributed by atoms with Crippen molar-refractivity contribution in [3.05, 3.63) is 30.3 Å². The summed E-state index contributed by atoms with van der Waals surface area (Å²) in [5.41, 5.74) is 0. The number of carbonyl (C=O) groups excluding carboxylic acids is 1. The quantitative estimate of drug-likeness (QED) is 0.804. The van der Waals surface area contributed by atoms with Crippen LogP contribution in [-0.2, 0) is 0 Å². The summed E-state index contributed by atoms with van der Waals surface area (Å²) in [7, 11) is 0. The monoisotopic (exact) mass is 233 g/mol. The van der Waals surface area contributed by atoms with Gasteiger partial charge in [0.2, 0.25) is 0 Å². The highest BCUT2D eigenvalue weighted by Gasteiger charge is 2.48. The van der Waals surface area contributed by atoms with Crippen LogP contribution in [0.1, 0.15) is 19.3 Å². The first-order chi connectivity index (χ1) is 8.25. The van der Waals surface area contributed by atoms with Crippen LogP contribution in [0, 0.1) is 0 Å². The van der Waals surface area contributed by atoms with Crippen LogP contribution in [0.25, 0.3) is 0 Å². The van der Waals surface area contributed by atoms with Crippen LogP contribution in [-0.4, -0.2) is 34.3 Å². The second kappa shape index (κ2) is 4.04. The molecule has 2 bridgehead atoms. The Balaban J connectivity index is 1.72. The van der Waals surface area contributed by atoms with E-state index < -0.39 is 0 Å². The summed E-state index contributed by atoms with van der Waals surface area (Å²) in [6.45, 7) is 0. The molecular weight excluding hydrogens is 218 g/mol. The maximum atomic E-state index is 12.0. The number of para-hydroxylation sites is 1. The van der Waals surface area contributed by atoms with Gasteiger partial charge in [-0.25, -0.2) is 4.79 Å². The molecule has 0 radical (unpaired) electrons. The zero-order valence-corrected chi connectivity index (χ0v) is 9.45. The summed E-state index contributed by atoms with van der Waals surface area (Å²) in [6, 6.07) is 9.16. The Bertz CT molecular complexity index is 420. The average Bonchev–Trinajstić information content (AvgIpc) is 2.86. The number of rotatable bonds is 1. The van der Waals surface area contributed by atoms with Crippen LogP contribution in [0.2, 0.25) is 0 Å². The zero-order chi connectivity index (χ0) is 11.8. The molecule has 4 nitrogen and oxygen atoms in total. The lowest BCUT2D eigenvalue weighted by atomic mass is 9.98. The van der Waals surface area contributed by atoms with Crippen LogP contribution in [0.15, 0.2) is 30.3 Å². The van der Waals surface area contributed by atoms with E-state index in [1.165, 1.54) is 0 Å². The summed E-state index contributed by atoms with van der Waals surface area (Å²) in [5, 5.41) is 9.76. The number of hydrogen-bond donors (Lipinski definition) is 1. The van der Waals surface area contributed by atoms with E-state index in [1.807, 2.05) is 18.2 Å². The normalized spacial score (nSPS) is 30.6. The van der Waals surface area contributed by atoms with Gasteiger partial charge in [0, 0.05) is 6.04 Å². The van der Waals surface area contributed by atoms with Crippen molar-refractivity contribution in [2.75, 3.05) is 0 Å². The van der Waals surface area contributed by atoms with Crippen molar-refractivity contribution < 1.29 is 14.6 Å². The smallest absolute Gasteiger partial charge is 0.410 e. The predicted octanol–water partition coefficient (Wildman–Crippen LogP) is 1.78. The highest BCUT2D eigenvalue weighted by atomic mass is 16.6. The number of aliphatic hydroxyl groups excluding tert-OH is 1. The molecule has 0 unspecified atom stereocenters. The minimum absolute atomic E-state index is 0.0452. The maximum absolute atomic E-state index is 12.0. The first kappa shape index (κ1) is 10.6. The first-order valence-corrected chi connectivity index (χ1v) is 5.99. The Labute approximate surface area is 99.8 Å². The summed E-state index contributed by atoms with van der Waals surface area (Å²) >= 11 is 0. The van der Waals surface area contributed by atoms with Crippen molar-refractivity contribution in [2.45, 2.75) is 37.5 Å². The van der Waals surface area contributed by atoms with Crippen LogP contribution >= 0.6 is 0 Å². The molecular formula is C13H15NO3. The second-order valence-electron chi connectivity index (χ2n) is 4.69. The van der Waals surface area contributed by atoms with Gasteiger partial charge in [0.15, 0.2) is 0 Å². The van der Waals surface area contributed by atoms with E-state index in [0.717, 1.165) is 12.8 Å². The number of carbonyl (C=O) groups is 1. The van der Waals surface area contributed by atoms with E-state index in [-0.39, 0.29) is 24.3 Å². The molecule has 3 atom stereocenters. The van der Waals surface area contributed by atoms with E-state index in [2.05, 4.69) is 0 Å². The van der Waals surface area contributed by atoms with E-state index in [4.69, 9.17) is 4.74 Å². The van der Waals surface area contributed by atoms with Gasteiger partial charge in [0.25, 0.3) is 0 Å². The Morgan fingerprint density at radius 2 is 2.06 bits per heavy atom. The molecule has 17 heavy (non-hydrogen) atoms. The molecule has 4 heteroatoms. The topological polar surface area (TPSA) is 49.8 Å². The third-order valence-corrected chi connectivity index (χ3v) is 3.66. The standard InChI is InChI=1S/C13H15NO3/c15-12-8-9-6-7-11(12)14(9)13(16)17-10-4-2-1-3-5-10/h1-5,9,11-12,15H,6-8H2/t9-,11+,12+/m1/s1. The minimum atomic E-state index is -0.378. The Morgan fingerprint density at radius 3 is 2.65 bits per heavy atom. The van der Waals surface area contributed by atoms with Crippen LogP contribution < -0.4 is 4.74 Å². The number of benzene rings is 1. The molecule has 2 fully saturated rings. The third-order valence-electron chi connectivity index (χ3n) is 3.66. The second-order valence-corrected chi connectivity index (χ2v) is 4.69. The number of ether oxygens (including phenoxy) is 1. The summed E-state index contributed by atoms with van der Waals surface area (Å²) in [6.07, 6.45) is 1.84. The predicted molar refractivity (Wildman–Crippen MR) is 61.7 cm³/mol. The first-order valence-electron chi connectivity index (χ1n) is 5.99. The summed E-state index contributed by atoms with van der Waals surface area (Å²) in [5.74, 6) is 0.554. The van der Waals surface area contributed by atoms with E-state index in [0.29, 0.717) is 12.2 Å². The van der Waals surface area contributed by atoms with Gasteiger partial charge < -0.3 is 9.84 Å². The molecule has 2 saturated heterocycles. The SMILES string of the molecule is O=C(Oc1ccccc1)N1[C@@H]2CC[C@H]1[C@@H](O)C2. The van der Waals surface area contributed by atoms with Crippen molar-refractivity contribution in [3.8, 4) is 5.75 Å². The molecule has 1 aromatic carbocycles. The van der Waals surface area contributed by atoms with Crippen LogP contribution in [0.3, 0.4) is 0 Å². The van der Waals surface area contributed by atoms with Gasteiger partial charge in [0.1, 0.15) is 5.75 Å². The molecule has 0 spiro atoms. The number of hydrogen-bond acceptors (Lipinski definition) is 3. The van der Waals surface area contributed by atoms with Crippen molar-refractivity contribution in [2.24, 2.45) is 0 Å². The molecule has 0 aliphatic carbocycles. The van der Waals surface area contributed by atoms with Crippen LogP contribution in [0.5, 0.6) is 5.75 Å². The molecule has 2 aliphatic rings. The van der Waals surface area contributed by atoms with Gasteiger partial charge in [-0.2, -0.15) is 0 Å². The number of nitrogens with zero attached hydrogens (tertiary/aromatic N) is 1. The number of fused-ring (bicyclic) bond motifs is 2. The number of aliphatic hydroxyl groups is 1. The summed E-state index contributed by atoms with van der Waals surface area (Å²) in [4.78, 5) is 13.7. The lowest BCUT2D eigenvalue weighted by molar-refractivity contribution is 0.110. The van der Waals surface area contributed by atoms with Crippen LogP contribution in [0.4, 0.5) is 4.79 Å². The lowest BCUT2D eigenvalue weighted by Gasteiger charge is -2.21. The van der Waals surface area contributed by atoms with Gasteiger partial charge in [0.05, 0.1) is 12.1 Å². The molecule has 1 aromatic rings. The Kier molecular flexibility index (Phi) is 2.52. The Morgan fingerprint density at radius 1 is 1.29 bits per heavy atom. The molecule has 2 aliphatic heterocycles. The van der Waals surface area contributed by atoms with Gasteiger partial charge in [-0.05, 0) is 31.4 Å². The fourth-order valence-electron chi connectivity index (χ4n) is 2.88. The largest absolute Gasteiger partial charge is 0.415 e. The lowest BCUT2D eigenvalue weighted by Crippen LogP contribution is -2.39. The fourth-order valence-corrected chi connectivity index (χ4v) is 2.88. The highest BCUT2D eigenvalue weighted by molar-refractivity contribution is 5.72. The molecule has 1 N–H and O–H groups in total. The number of amides is 1. The third kappa shape index (κ3) is 1.78. The fraction of sp³-hybridized carbons (Fsp3) is 0.462. The van der Waals surface area contributed by atoms with Crippen molar-refractivity contribution >= 4 is 6.09 Å². The van der Waals surface area contributed by atoms with Crippen molar-refractivity contribution in [3.63, 3.8) is 0 Å². The molecule has 3 rings (SSSR count). The van der Waals surface area contributed by atoms with E-state index in [9.17, 15) is 9.90 Å². The van der Waals surface area contributed by atoms with Crippen molar-refractivity contribution in [1.82, 2.24) is 4.90 Å². The van der Waals surface area contributed by atoms with Gasteiger partial charge >= 0.3 is 6.09 Å². The van der Waals surface area contributed by atoms with Gasteiger partial charge in [-0.1, -0.05) is 18.2 Å². The zero-order valence-electron chi connectivity index (χ0n) is 9.45. The minimum Gasteiger partial charge on any atom is -0.410 e. The molecule has 2 heterocycles. The summed E-state index contributed by atoms with van der Waals surface area (Å²) < 4.78 is 5.30. The van der Waals surface area contributed by atoms with E-state index in [1.54, 1.807) is 17.0 Å². The van der Waals surface area contributed by atoms with Crippen molar-refractivity contribution in [1.29, 1.82) is 0 Å². The molecule has 0 saturated carbocycles. The van der Waals surface area contributed by atoms with Gasteiger partial charge in [-0.3, -0.25) is 4.90 Å². The molecule has 0 aromatic heterocycles. The molecule has 1 amide bonds. The van der Waals surface area contributed by atoms with Gasteiger partial charge in [-0.15, -0.1) is 0 Å². The van der Waals surface area contributed by atoms with E-state index >= 15 is 0 Å². The highest BCUT2D eigenvalue weighted by Crippen LogP contribution is 2.38. The average molecular weight is 233 g/mol. The Hall–Kier alpha value is -1.55.